The normalized spacial score (nSPS) is 16.0. The summed E-state index contributed by atoms with van der Waals surface area (Å²) >= 11 is 0. The number of furan rings is 1. The molecule has 164 valence electrons. The van der Waals surface area contributed by atoms with Crippen molar-refractivity contribution in [2.24, 2.45) is 4.99 Å². The van der Waals surface area contributed by atoms with Gasteiger partial charge in [0.2, 0.25) is 0 Å². The summed E-state index contributed by atoms with van der Waals surface area (Å²) in [5, 5.41) is 15.8. The van der Waals surface area contributed by atoms with Gasteiger partial charge in [-0.1, -0.05) is 30.3 Å². The van der Waals surface area contributed by atoms with Crippen LogP contribution in [-0.4, -0.2) is 68.0 Å². The molecule has 1 aliphatic heterocycles. The molecular formula is C23H34N4O3. The largest absolute Gasteiger partial charge is 0.469 e. The van der Waals surface area contributed by atoms with Gasteiger partial charge in [0.05, 0.1) is 32.6 Å². The van der Waals surface area contributed by atoms with Crippen molar-refractivity contribution in [3.8, 4) is 0 Å². The molecule has 1 fully saturated rings. The Kier molecular flexibility index (Phi) is 9.72. The second-order valence-electron chi connectivity index (χ2n) is 7.50. The van der Waals surface area contributed by atoms with Crippen molar-refractivity contribution in [1.82, 2.24) is 15.5 Å². The first kappa shape index (κ1) is 22.3. The van der Waals surface area contributed by atoms with Crippen LogP contribution in [0, 0.1) is 0 Å². The van der Waals surface area contributed by atoms with E-state index in [2.05, 4.69) is 50.9 Å². The van der Waals surface area contributed by atoms with Gasteiger partial charge in [-0.05, 0) is 30.5 Å². The van der Waals surface area contributed by atoms with Crippen molar-refractivity contribution in [3.63, 3.8) is 0 Å². The number of piperidine rings is 1. The Morgan fingerprint density at radius 1 is 1.13 bits per heavy atom. The maximum absolute atomic E-state index is 8.81. The van der Waals surface area contributed by atoms with Gasteiger partial charge in [0.15, 0.2) is 5.96 Å². The van der Waals surface area contributed by atoms with Gasteiger partial charge in [-0.3, -0.25) is 9.89 Å². The van der Waals surface area contributed by atoms with Gasteiger partial charge >= 0.3 is 0 Å². The van der Waals surface area contributed by atoms with E-state index in [0.29, 0.717) is 25.8 Å². The summed E-state index contributed by atoms with van der Waals surface area (Å²) in [6.45, 7) is 5.37. The molecule has 0 aliphatic carbocycles. The Morgan fingerprint density at radius 2 is 1.97 bits per heavy atom. The van der Waals surface area contributed by atoms with Gasteiger partial charge in [-0.15, -0.1) is 0 Å². The Balaban J connectivity index is 1.43. The second-order valence-corrected chi connectivity index (χ2v) is 7.50. The van der Waals surface area contributed by atoms with Crippen LogP contribution in [0.15, 0.2) is 58.1 Å². The number of likely N-dealkylation sites (tertiary alicyclic amines) is 1. The number of aliphatic imine (C=N–C) groups is 1. The molecule has 1 aromatic heterocycles. The molecular weight excluding hydrogens is 380 g/mol. The second kappa shape index (κ2) is 13.1. The molecule has 0 atom stereocenters. The summed E-state index contributed by atoms with van der Waals surface area (Å²) in [6, 6.07) is 14.9. The number of hydrogen-bond donors (Lipinski definition) is 3. The molecule has 0 saturated carbocycles. The topological polar surface area (TPSA) is 82.3 Å². The fourth-order valence-electron chi connectivity index (χ4n) is 3.57. The van der Waals surface area contributed by atoms with Crippen molar-refractivity contribution in [3.05, 3.63) is 60.1 Å². The van der Waals surface area contributed by atoms with Gasteiger partial charge < -0.3 is 24.9 Å². The number of rotatable bonds is 11. The number of nitrogens with zero attached hydrogens (tertiary/aromatic N) is 2. The first-order chi connectivity index (χ1) is 14.8. The smallest absolute Gasteiger partial charge is 0.191 e. The highest BCUT2D eigenvalue weighted by Crippen LogP contribution is 2.13. The maximum atomic E-state index is 8.81. The summed E-state index contributed by atoms with van der Waals surface area (Å²) in [5.41, 5.74) is 1.37. The minimum atomic E-state index is 0.0395. The number of aliphatic hydroxyl groups is 1. The summed E-state index contributed by atoms with van der Waals surface area (Å²) < 4.78 is 10.7. The third-order valence-electron chi connectivity index (χ3n) is 5.16. The Morgan fingerprint density at radius 3 is 2.70 bits per heavy atom. The molecule has 0 amide bonds. The van der Waals surface area contributed by atoms with Gasteiger partial charge in [0.1, 0.15) is 5.76 Å². The van der Waals surface area contributed by atoms with E-state index < -0.39 is 0 Å². The van der Waals surface area contributed by atoms with E-state index in [1.165, 1.54) is 5.56 Å². The third kappa shape index (κ3) is 8.18. The first-order valence-corrected chi connectivity index (χ1v) is 10.9. The molecule has 0 radical (unpaired) electrons. The molecule has 2 heterocycles. The van der Waals surface area contributed by atoms with Crippen LogP contribution in [0.3, 0.4) is 0 Å². The predicted molar refractivity (Wildman–Crippen MR) is 118 cm³/mol. The predicted octanol–water partition coefficient (Wildman–Crippen LogP) is 2.03. The van der Waals surface area contributed by atoms with Gasteiger partial charge in [-0.25, -0.2) is 0 Å². The third-order valence-corrected chi connectivity index (χ3v) is 5.16. The molecule has 3 rings (SSSR count). The zero-order valence-electron chi connectivity index (χ0n) is 17.6. The monoisotopic (exact) mass is 414 g/mol. The molecule has 1 aromatic carbocycles. The lowest BCUT2D eigenvalue weighted by molar-refractivity contribution is 0.0977. The molecule has 7 heteroatoms. The van der Waals surface area contributed by atoms with Crippen molar-refractivity contribution in [2.45, 2.75) is 31.8 Å². The van der Waals surface area contributed by atoms with Crippen LogP contribution in [0.2, 0.25) is 0 Å². The molecule has 0 spiro atoms. The van der Waals surface area contributed by atoms with E-state index in [4.69, 9.17) is 14.3 Å². The Hall–Kier alpha value is -2.35. The van der Waals surface area contributed by atoms with Crippen molar-refractivity contribution in [2.75, 3.05) is 46.0 Å². The highest BCUT2D eigenvalue weighted by molar-refractivity contribution is 5.80. The summed E-state index contributed by atoms with van der Waals surface area (Å²) in [5.74, 6) is 1.78. The molecule has 1 saturated heterocycles. The fourth-order valence-corrected chi connectivity index (χ4v) is 3.57. The van der Waals surface area contributed by atoms with Gasteiger partial charge in [-0.2, -0.15) is 0 Å². The highest BCUT2D eigenvalue weighted by Gasteiger charge is 2.20. The lowest BCUT2D eigenvalue weighted by Gasteiger charge is -2.33. The van der Waals surface area contributed by atoms with E-state index in [1.54, 1.807) is 6.26 Å². The number of guanidine groups is 1. The van der Waals surface area contributed by atoms with Crippen molar-refractivity contribution >= 4 is 5.96 Å². The number of aliphatic hydroxyl groups excluding tert-OH is 1. The van der Waals surface area contributed by atoms with Crippen LogP contribution < -0.4 is 10.6 Å². The highest BCUT2D eigenvalue weighted by atomic mass is 16.5. The average Bonchev–Trinajstić information content (AvgIpc) is 3.29. The van der Waals surface area contributed by atoms with Crippen LogP contribution in [0.4, 0.5) is 0 Å². The van der Waals surface area contributed by atoms with Crippen molar-refractivity contribution in [1.29, 1.82) is 0 Å². The number of nitrogens with one attached hydrogen (secondary N) is 2. The minimum absolute atomic E-state index is 0.0395. The summed E-state index contributed by atoms with van der Waals surface area (Å²) in [4.78, 5) is 7.15. The van der Waals surface area contributed by atoms with E-state index in [9.17, 15) is 0 Å². The molecule has 1 aliphatic rings. The Labute approximate surface area is 179 Å². The molecule has 2 aromatic rings. The number of benzene rings is 1. The van der Waals surface area contributed by atoms with Gasteiger partial charge in [0.25, 0.3) is 0 Å². The average molecular weight is 415 g/mol. The maximum Gasteiger partial charge on any atom is 0.191 e. The van der Waals surface area contributed by atoms with Crippen LogP contribution in [-0.2, 0) is 17.7 Å². The molecule has 30 heavy (non-hydrogen) atoms. The molecule has 3 N–H and O–H groups in total. The van der Waals surface area contributed by atoms with E-state index >= 15 is 0 Å². The first-order valence-electron chi connectivity index (χ1n) is 10.9. The van der Waals surface area contributed by atoms with E-state index in [0.717, 1.165) is 57.2 Å². The van der Waals surface area contributed by atoms with E-state index in [-0.39, 0.29) is 6.61 Å². The van der Waals surface area contributed by atoms with Crippen LogP contribution in [0.25, 0.3) is 0 Å². The lowest BCUT2D eigenvalue weighted by Crippen LogP contribution is -2.49. The fraction of sp³-hybridized carbons (Fsp3) is 0.522. The Bertz CT molecular complexity index is 713. The lowest BCUT2D eigenvalue weighted by atomic mass is 10.0. The molecule has 0 bridgehead atoms. The van der Waals surface area contributed by atoms with Crippen LogP contribution in [0.5, 0.6) is 0 Å². The quantitative estimate of drug-likeness (QED) is 0.297. The van der Waals surface area contributed by atoms with Crippen LogP contribution in [0.1, 0.15) is 24.2 Å². The standard InChI is InChI=1S/C23H34N4O3/c28-15-18-29-17-12-25-23(24-11-8-22-7-4-16-30-22)26-21-9-13-27(14-10-21)19-20-5-2-1-3-6-20/h1-7,16,21,28H,8-15,17-19H2,(H2,24,25,26). The zero-order valence-corrected chi connectivity index (χ0v) is 17.6. The van der Waals surface area contributed by atoms with Gasteiger partial charge in [0, 0.05) is 38.6 Å². The summed E-state index contributed by atoms with van der Waals surface area (Å²) in [6.07, 6.45) is 4.69. The zero-order chi connectivity index (χ0) is 20.9. The number of hydrogen-bond acceptors (Lipinski definition) is 5. The number of ether oxygens (including phenoxy) is 1. The SMILES string of the molecule is OCCOCCN=C(NCCc1ccco1)NC1CCN(Cc2ccccc2)CC1. The van der Waals surface area contributed by atoms with E-state index in [1.807, 2.05) is 12.1 Å². The minimum Gasteiger partial charge on any atom is -0.469 e. The molecule has 0 unspecified atom stereocenters. The summed E-state index contributed by atoms with van der Waals surface area (Å²) in [7, 11) is 0. The molecule has 7 nitrogen and oxygen atoms in total. The van der Waals surface area contributed by atoms with Crippen molar-refractivity contribution < 1.29 is 14.3 Å². The van der Waals surface area contributed by atoms with Crippen LogP contribution >= 0.6 is 0 Å².